The Morgan fingerprint density at radius 3 is 1.02 bits per heavy atom. The van der Waals surface area contributed by atoms with Gasteiger partial charge < -0.3 is 4.90 Å². The third-order valence-electron chi connectivity index (χ3n) is 11.1. The fourth-order valence-corrected chi connectivity index (χ4v) is 15.6. The molecule has 0 saturated carbocycles. The van der Waals surface area contributed by atoms with Gasteiger partial charge >= 0.3 is 0 Å². The van der Waals surface area contributed by atoms with Crippen molar-refractivity contribution in [2.24, 2.45) is 0 Å². The molecule has 290 valence electrons. The third kappa shape index (κ3) is 6.74. The van der Waals surface area contributed by atoms with Crippen LogP contribution in [0.4, 0.5) is 17.1 Å². The number of para-hydroxylation sites is 2. The second-order valence-corrected chi connectivity index (χ2v) is 21.1. The molecular formula is C54H33NS6. The van der Waals surface area contributed by atoms with Crippen molar-refractivity contribution in [2.75, 3.05) is 4.90 Å². The first kappa shape index (κ1) is 37.6. The van der Waals surface area contributed by atoms with E-state index in [0.717, 1.165) is 17.1 Å². The molecule has 61 heavy (non-hydrogen) atoms. The van der Waals surface area contributed by atoms with Crippen LogP contribution >= 0.6 is 70.6 Å². The molecule has 3 aliphatic heterocycles. The SMILES string of the molecule is c1ccc(N(c2ccccc2)c2ccc(-c3cccc4c3Sc3ccccc3S4)c(-c3cccc4c3Sc3ccccc3S4)c2-c2cccc3c2Sc2ccccc2S3)cc1. The zero-order valence-corrected chi connectivity index (χ0v) is 37.3. The molecule has 0 fully saturated rings. The van der Waals surface area contributed by atoms with Crippen LogP contribution in [0.15, 0.2) is 259 Å². The van der Waals surface area contributed by atoms with Gasteiger partial charge in [-0.1, -0.05) is 186 Å². The molecule has 0 aromatic heterocycles. The van der Waals surface area contributed by atoms with Gasteiger partial charge in [0.25, 0.3) is 0 Å². The number of fused-ring (bicyclic) bond motifs is 6. The maximum absolute atomic E-state index is 2.46. The lowest BCUT2D eigenvalue weighted by Gasteiger charge is -2.33. The minimum absolute atomic E-state index is 1.11. The monoisotopic (exact) mass is 887 g/mol. The van der Waals surface area contributed by atoms with Crippen molar-refractivity contribution in [3.63, 3.8) is 0 Å². The summed E-state index contributed by atoms with van der Waals surface area (Å²) in [5, 5.41) is 0. The third-order valence-corrected chi connectivity index (χ3v) is 18.9. The summed E-state index contributed by atoms with van der Waals surface area (Å²) in [7, 11) is 0. The van der Waals surface area contributed by atoms with Crippen molar-refractivity contribution in [2.45, 2.75) is 58.7 Å². The second kappa shape index (κ2) is 16.0. The van der Waals surface area contributed by atoms with Crippen LogP contribution in [0.2, 0.25) is 0 Å². The summed E-state index contributed by atoms with van der Waals surface area (Å²) in [4.78, 5) is 18.0. The highest BCUT2D eigenvalue weighted by atomic mass is 32.2. The molecule has 0 bridgehead atoms. The van der Waals surface area contributed by atoms with Crippen molar-refractivity contribution in [3.05, 3.63) is 200 Å². The molecule has 0 spiro atoms. The Balaban J connectivity index is 1.21. The normalized spacial score (nSPS) is 13.2. The van der Waals surface area contributed by atoms with E-state index in [4.69, 9.17) is 0 Å². The van der Waals surface area contributed by atoms with Gasteiger partial charge in [-0.3, -0.25) is 0 Å². The number of benzene rings is 9. The molecule has 9 aromatic rings. The van der Waals surface area contributed by atoms with E-state index in [2.05, 4.69) is 205 Å². The number of anilines is 3. The van der Waals surface area contributed by atoms with E-state index >= 15 is 0 Å². The molecular weight excluding hydrogens is 855 g/mol. The summed E-state index contributed by atoms with van der Waals surface area (Å²) in [6.45, 7) is 0. The van der Waals surface area contributed by atoms with E-state index < -0.39 is 0 Å². The average molecular weight is 888 g/mol. The van der Waals surface area contributed by atoms with E-state index in [9.17, 15) is 0 Å². The molecule has 0 amide bonds. The first-order valence-electron chi connectivity index (χ1n) is 20.1. The lowest BCUT2D eigenvalue weighted by Crippen LogP contribution is -2.12. The zero-order chi connectivity index (χ0) is 40.3. The summed E-state index contributed by atoms with van der Waals surface area (Å²) in [5.41, 5.74) is 10.8. The topological polar surface area (TPSA) is 3.24 Å². The maximum Gasteiger partial charge on any atom is 0.0547 e. The van der Waals surface area contributed by atoms with E-state index in [-0.39, 0.29) is 0 Å². The van der Waals surface area contributed by atoms with Crippen LogP contribution in [-0.4, -0.2) is 0 Å². The Kier molecular flexibility index (Phi) is 9.85. The Bertz CT molecular complexity index is 3130. The van der Waals surface area contributed by atoms with Crippen molar-refractivity contribution in [1.29, 1.82) is 0 Å². The summed E-state index contributed by atoms with van der Waals surface area (Å²) < 4.78 is 0. The number of hydrogen-bond acceptors (Lipinski definition) is 7. The molecule has 0 aliphatic carbocycles. The van der Waals surface area contributed by atoms with Crippen LogP contribution in [0.1, 0.15) is 0 Å². The Morgan fingerprint density at radius 2 is 0.574 bits per heavy atom. The highest BCUT2D eigenvalue weighted by Crippen LogP contribution is 2.61. The minimum atomic E-state index is 1.11. The van der Waals surface area contributed by atoms with Gasteiger partial charge in [0.15, 0.2) is 0 Å². The highest BCUT2D eigenvalue weighted by Gasteiger charge is 2.32. The molecule has 0 unspecified atom stereocenters. The molecule has 0 atom stereocenters. The Hall–Kier alpha value is -5.12. The first-order chi connectivity index (χ1) is 30.2. The molecule has 3 heterocycles. The Morgan fingerprint density at radius 1 is 0.230 bits per heavy atom. The van der Waals surface area contributed by atoms with Gasteiger partial charge in [-0.15, -0.1) is 0 Å². The predicted octanol–water partition coefficient (Wildman–Crippen LogP) is 18.0. The number of hydrogen-bond donors (Lipinski definition) is 0. The zero-order valence-electron chi connectivity index (χ0n) is 32.4. The first-order valence-corrected chi connectivity index (χ1v) is 25.0. The van der Waals surface area contributed by atoms with E-state index in [1.54, 1.807) is 0 Å². The van der Waals surface area contributed by atoms with Crippen LogP contribution in [0.3, 0.4) is 0 Å². The van der Waals surface area contributed by atoms with Gasteiger partial charge in [-0.2, -0.15) is 0 Å². The predicted molar refractivity (Wildman–Crippen MR) is 261 cm³/mol. The minimum Gasteiger partial charge on any atom is -0.310 e. The summed E-state index contributed by atoms with van der Waals surface area (Å²) in [6, 6.07) is 73.8. The van der Waals surface area contributed by atoms with Crippen LogP contribution in [0, 0.1) is 0 Å². The second-order valence-electron chi connectivity index (χ2n) is 14.7. The highest BCUT2D eigenvalue weighted by molar-refractivity contribution is 8.06. The molecule has 12 rings (SSSR count). The average Bonchev–Trinajstić information content (AvgIpc) is 3.32. The Labute approximate surface area is 381 Å². The molecule has 1 nitrogen and oxygen atoms in total. The van der Waals surface area contributed by atoms with Crippen LogP contribution < -0.4 is 4.90 Å². The van der Waals surface area contributed by atoms with Gasteiger partial charge in [0.2, 0.25) is 0 Å². The molecule has 9 aromatic carbocycles. The van der Waals surface area contributed by atoms with Crippen LogP contribution in [0.5, 0.6) is 0 Å². The fraction of sp³-hybridized carbons (Fsp3) is 0. The van der Waals surface area contributed by atoms with Crippen LogP contribution in [-0.2, 0) is 0 Å². The van der Waals surface area contributed by atoms with Crippen molar-refractivity contribution < 1.29 is 0 Å². The van der Waals surface area contributed by atoms with E-state index in [0.29, 0.717) is 0 Å². The van der Waals surface area contributed by atoms with Crippen LogP contribution in [0.25, 0.3) is 33.4 Å². The molecule has 0 saturated heterocycles. The number of nitrogens with zero attached hydrogens (tertiary/aromatic N) is 1. The number of rotatable bonds is 6. The van der Waals surface area contributed by atoms with Gasteiger partial charge in [0.05, 0.1) is 5.69 Å². The van der Waals surface area contributed by atoms with Gasteiger partial charge in [0, 0.05) is 81.2 Å². The quantitative estimate of drug-likeness (QED) is 0.162. The molecule has 3 aliphatic rings. The van der Waals surface area contributed by atoms with E-state index in [1.807, 2.05) is 70.6 Å². The van der Waals surface area contributed by atoms with Gasteiger partial charge in [-0.05, 0) is 107 Å². The summed E-state index contributed by atoms with van der Waals surface area (Å²) in [6.07, 6.45) is 0. The summed E-state index contributed by atoms with van der Waals surface area (Å²) in [5.74, 6) is 0. The summed E-state index contributed by atoms with van der Waals surface area (Å²) >= 11 is 11.3. The lowest BCUT2D eigenvalue weighted by atomic mass is 9.85. The van der Waals surface area contributed by atoms with Gasteiger partial charge in [-0.25, -0.2) is 0 Å². The van der Waals surface area contributed by atoms with Crippen molar-refractivity contribution >= 4 is 87.6 Å². The van der Waals surface area contributed by atoms with Crippen molar-refractivity contribution in [3.8, 4) is 33.4 Å². The van der Waals surface area contributed by atoms with Crippen molar-refractivity contribution in [1.82, 2.24) is 0 Å². The molecule has 7 heteroatoms. The smallest absolute Gasteiger partial charge is 0.0547 e. The molecule has 0 N–H and O–H groups in total. The standard InChI is InChI=1S/C54H33NS6/c1-3-16-34(17-4-1)55(35-18-5-2-6-19-35)40-33-32-36(37-20-13-29-47-52(37)59-44-26-10-7-23-41(44)56-47)50(38-21-14-30-48-53(38)60-45-27-11-8-24-42(45)57-48)51(40)39-22-15-31-49-54(39)61-46-28-12-9-25-43(46)58-49/h1-33H. The fourth-order valence-electron chi connectivity index (χ4n) is 8.39. The van der Waals surface area contributed by atoms with E-state index in [1.165, 1.54) is 92.1 Å². The lowest BCUT2D eigenvalue weighted by molar-refractivity contribution is 1.15. The molecule has 0 radical (unpaired) electrons. The maximum atomic E-state index is 2.46. The van der Waals surface area contributed by atoms with Gasteiger partial charge in [0.1, 0.15) is 0 Å². The largest absolute Gasteiger partial charge is 0.310 e.